The minimum absolute atomic E-state index is 0.313. The number of hydrogen-bond acceptors (Lipinski definition) is 3. The van der Waals surface area contributed by atoms with Gasteiger partial charge >= 0.3 is 6.18 Å². The minimum Gasteiger partial charge on any atom is -0.305 e. The Hall–Kier alpha value is -1.83. The van der Waals surface area contributed by atoms with Gasteiger partial charge in [0.15, 0.2) is 5.69 Å². The number of nitrogens with zero attached hydrogens (tertiary/aromatic N) is 4. The fourth-order valence-corrected chi connectivity index (χ4v) is 1.89. The normalized spacial score (nSPS) is 12.1. The van der Waals surface area contributed by atoms with E-state index in [9.17, 15) is 13.2 Å². The average molecular weight is 287 g/mol. The van der Waals surface area contributed by atoms with Crippen molar-refractivity contribution in [1.82, 2.24) is 24.9 Å². The van der Waals surface area contributed by atoms with Crippen LogP contribution in [-0.4, -0.2) is 19.6 Å². The second-order valence-electron chi connectivity index (χ2n) is 4.42. The number of aromatic nitrogens is 4. The molecule has 0 amide bonds. The highest BCUT2D eigenvalue weighted by molar-refractivity contribution is 5.13. The van der Waals surface area contributed by atoms with Gasteiger partial charge in [-0.25, -0.2) is 0 Å². The third kappa shape index (κ3) is 3.38. The number of nitrogens with one attached hydrogen (secondary N) is 1. The van der Waals surface area contributed by atoms with Crippen molar-refractivity contribution >= 4 is 0 Å². The summed E-state index contributed by atoms with van der Waals surface area (Å²) in [5.74, 6) is 0. The van der Waals surface area contributed by atoms with E-state index in [1.165, 1.54) is 4.68 Å². The molecule has 1 N–H and O–H groups in total. The van der Waals surface area contributed by atoms with Crippen LogP contribution in [0.2, 0.25) is 0 Å². The minimum atomic E-state index is -4.41. The largest absolute Gasteiger partial charge is 0.435 e. The van der Waals surface area contributed by atoms with Crippen LogP contribution in [0.25, 0.3) is 0 Å². The summed E-state index contributed by atoms with van der Waals surface area (Å²) in [6.45, 7) is 2.97. The van der Waals surface area contributed by atoms with Crippen molar-refractivity contribution in [2.75, 3.05) is 0 Å². The van der Waals surface area contributed by atoms with Crippen LogP contribution >= 0.6 is 0 Å². The second kappa shape index (κ2) is 5.66. The molecule has 0 bridgehead atoms. The summed E-state index contributed by atoms with van der Waals surface area (Å²) >= 11 is 0. The summed E-state index contributed by atoms with van der Waals surface area (Å²) in [4.78, 5) is 0. The number of rotatable bonds is 5. The highest BCUT2D eigenvalue weighted by Gasteiger charge is 2.34. The van der Waals surface area contributed by atoms with Crippen molar-refractivity contribution in [3.8, 4) is 0 Å². The molecular weight excluding hydrogens is 271 g/mol. The first-order chi connectivity index (χ1) is 9.40. The zero-order valence-corrected chi connectivity index (χ0v) is 11.3. The Morgan fingerprint density at radius 1 is 1.25 bits per heavy atom. The molecule has 2 aromatic rings. The molecule has 20 heavy (non-hydrogen) atoms. The van der Waals surface area contributed by atoms with Crippen LogP contribution in [0, 0.1) is 0 Å². The fraction of sp³-hybridized carbons (Fsp3) is 0.500. The molecule has 0 saturated heterocycles. The number of aryl methyl sites for hydroxylation is 2. The van der Waals surface area contributed by atoms with E-state index in [1.807, 2.05) is 19.3 Å². The van der Waals surface area contributed by atoms with E-state index in [4.69, 9.17) is 0 Å². The molecule has 0 aliphatic heterocycles. The molecule has 0 radical (unpaired) electrons. The molecule has 0 fully saturated rings. The molecule has 0 saturated carbocycles. The lowest BCUT2D eigenvalue weighted by atomic mass is 10.3. The summed E-state index contributed by atoms with van der Waals surface area (Å²) in [5.41, 5.74) is 0.496. The number of alkyl halides is 3. The molecule has 0 atom stereocenters. The smallest absolute Gasteiger partial charge is 0.305 e. The van der Waals surface area contributed by atoms with E-state index in [0.29, 0.717) is 25.3 Å². The maximum Gasteiger partial charge on any atom is 0.435 e. The van der Waals surface area contributed by atoms with Crippen LogP contribution in [0.1, 0.15) is 24.0 Å². The average Bonchev–Trinajstić information content (AvgIpc) is 2.95. The summed E-state index contributed by atoms with van der Waals surface area (Å²) in [7, 11) is 1.81. The molecule has 0 aliphatic rings. The zero-order chi connectivity index (χ0) is 14.8. The van der Waals surface area contributed by atoms with Crippen molar-refractivity contribution in [2.45, 2.75) is 32.7 Å². The van der Waals surface area contributed by atoms with E-state index in [0.717, 1.165) is 11.8 Å². The maximum atomic E-state index is 12.6. The third-order valence-corrected chi connectivity index (χ3v) is 2.83. The first-order valence-corrected chi connectivity index (χ1v) is 6.23. The lowest BCUT2D eigenvalue weighted by Crippen LogP contribution is -2.16. The quantitative estimate of drug-likeness (QED) is 0.914. The molecule has 0 unspecified atom stereocenters. The van der Waals surface area contributed by atoms with E-state index < -0.39 is 11.9 Å². The first kappa shape index (κ1) is 14.6. The van der Waals surface area contributed by atoms with E-state index in [1.54, 1.807) is 11.6 Å². The summed E-state index contributed by atoms with van der Waals surface area (Å²) in [6, 6.07) is 2.93. The molecule has 2 heterocycles. The Balaban J connectivity index is 2.00. The van der Waals surface area contributed by atoms with E-state index >= 15 is 0 Å². The molecule has 5 nitrogen and oxygen atoms in total. The van der Waals surface area contributed by atoms with Gasteiger partial charge in [0, 0.05) is 32.9 Å². The lowest BCUT2D eigenvalue weighted by Gasteiger charge is -2.05. The van der Waals surface area contributed by atoms with Gasteiger partial charge in [-0.2, -0.15) is 23.4 Å². The number of halogens is 3. The van der Waals surface area contributed by atoms with Crippen LogP contribution in [0.5, 0.6) is 0 Å². The van der Waals surface area contributed by atoms with Gasteiger partial charge < -0.3 is 5.32 Å². The molecular formula is C12H16F3N5. The Morgan fingerprint density at radius 3 is 2.55 bits per heavy atom. The third-order valence-electron chi connectivity index (χ3n) is 2.83. The lowest BCUT2D eigenvalue weighted by molar-refractivity contribution is -0.141. The van der Waals surface area contributed by atoms with Crippen LogP contribution in [0.15, 0.2) is 18.3 Å². The van der Waals surface area contributed by atoms with Crippen molar-refractivity contribution in [2.24, 2.45) is 7.05 Å². The SMILES string of the molecule is CCn1nc(C(F)(F)F)cc1CNCc1ccn(C)n1. The predicted octanol–water partition coefficient (Wildman–Crippen LogP) is 1.95. The zero-order valence-electron chi connectivity index (χ0n) is 11.3. The standard InChI is InChI=1S/C12H16F3N5/c1-3-20-10(6-11(18-20)12(13,14)15)8-16-7-9-4-5-19(2)17-9/h4-6,16H,3,7-8H2,1-2H3. The van der Waals surface area contributed by atoms with Gasteiger partial charge in [0.1, 0.15) is 0 Å². The highest BCUT2D eigenvalue weighted by Crippen LogP contribution is 2.28. The topological polar surface area (TPSA) is 47.7 Å². The van der Waals surface area contributed by atoms with Crippen molar-refractivity contribution in [3.05, 3.63) is 35.4 Å². The summed E-state index contributed by atoms with van der Waals surface area (Å²) < 4.78 is 40.8. The summed E-state index contributed by atoms with van der Waals surface area (Å²) in [6.07, 6.45) is -2.59. The maximum absolute atomic E-state index is 12.6. The Bertz CT molecular complexity index is 570. The Kier molecular flexibility index (Phi) is 4.12. The molecule has 110 valence electrons. The molecule has 2 aromatic heterocycles. The molecule has 2 rings (SSSR count). The van der Waals surface area contributed by atoms with E-state index in [-0.39, 0.29) is 0 Å². The van der Waals surface area contributed by atoms with Gasteiger partial charge in [0.25, 0.3) is 0 Å². The van der Waals surface area contributed by atoms with E-state index in [2.05, 4.69) is 15.5 Å². The Labute approximate surface area is 114 Å². The molecule has 8 heteroatoms. The molecule has 0 spiro atoms. The molecule has 0 aromatic carbocycles. The van der Waals surface area contributed by atoms with Gasteiger partial charge in [0.2, 0.25) is 0 Å². The fourth-order valence-electron chi connectivity index (χ4n) is 1.89. The molecule has 0 aliphatic carbocycles. The Morgan fingerprint density at radius 2 is 2.00 bits per heavy atom. The van der Waals surface area contributed by atoms with Crippen LogP contribution in [-0.2, 0) is 32.9 Å². The van der Waals surface area contributed by atoms with Crippen LogP contribution in [0.3, 0.4) is 0 Å². The highest BCUT2D eigenvalue weighted by atomic mass is 19.4. The van der Waals surface area contributed by atoms with Gasteiger partial charge in [-0.3, -0.25) is 9.36 Å². The number of hydrogen-bond donors (Lipinski definition) is 1. The van der Waals surface area contributed by atoms with Gasteiger partial charge in [0.05, 0.1) is 11.4 Å². The van der Waals surface area contributed by atoms with Crippen molar-refractivity contribution < 1.29 is 13.2 Å². The van der Waals surface area contributed by atoms with Crippen LogP contribution in [0.4, 0.5) is 13.2 Å². The first-order valence-electron chi connectivity index (χ1n) is 6.23. The summed E-state index contributed by atoms with van der Waals surface area (Å²) in [5, 5.41) is 10.8. The van der Waals surface area contributed by atoms with Crippen molar-refractivity contribution in [1.29, 1.82) is 0 Å². The second-order valence-corrected chi connectivity index (χ2v) is 4.42. The van der Waals surface area contributed by atoms with Gasteiger partial charge in [-0.1, -0.05) is 0 Å². The predicted molar refractivity (Wildman–Crippen MR) is 66.7 cm³/mol. The van der Waals surface area contributed by atoms with Crippen LogP contribution < -0.4 is 5.32 Å². The van der Waals surface area contributed by atoms with Crippen molar-refractivity contribution in [3.63, 3.8) is 0 Å². The monoisotopic (exact) mass is 287 g/mol. The van der Waals surface area contributed by atoms with Gasteiger partial charge in [-0.15, -0.1) is 0 Å². The van der Waals surface area contributed by atoms with Gasteiger partial charge in [-0.05, 0) is 19.1 Å².